The second-order valence-electron chi connectivity index (χ2n) is 7.50. The molecule has 0 unspecified atom stereocenters. The smallest absolute Gasteiger partial charge is 0.289 e. The average Bonchev–Trinajstić information content (AvgIpc) is 2.83. The Balaban J connectivity index is 1.81. The summed E-state index contributed by atoms with van der Waals surface area (Å²) in [6.45, 7) is 0.238. The average molecular weight is 455 g/mol. The summed E-state index contributed by atoms with van der Waals surface area (Å²) in [6.07, 6.45) is 0.694. The van der Waals surface area contributed by atoms with Gasteiger partial charge in [-0.15, -0.1) is 0 Å². The molecule has 8 nitrogen and oxygen atoms in total. The maximum atomic E-state index is 13.5. The molecule has 0 spiro atoms. The number of sulfonamides is 1. The minimum absolute atomic E-state index is 0.115. The van der Waals surface area contributed by atoms with E-state index in [0.717, 1.165) is 16.7 Å². The third-order valence-electron chi connectivity index (χ3n) is 5.62. The Labute approximate surface area is 185 Å². The molecule has 3 aromatic carbocycles. The summed E-state index contributed by atoms with van der Waals surface area (Å²) < 4.78 is 33.5. The van der Waals surface area contributed by atoms with Gasteiger partial charge >= 0.3 is 0 Å². The number of hydrogen-bond donors (Lipinski definition) is 1. The molecule has 0 aliphatic carbocycles. The number of phenolic OH excluding ortho intramolecular Hbond substituents is 1. The summed E-state index contributed by atoms with van der Waals surface area (Å²) in [5.41, 5.74) is 2.55. The zero-order chi connectivity index (χ0) is 22.9. The molecule has 2 bridgehead atoms. The van der Waals surface area contributed by atoms with Crippen LogP contribution in [0.3, 0.4) is 0 Å². The molecule has 2 aliphatic rings. The van der Waals surface area contributed by atoms with Crippen molar-refractivity contribution in [2.24, 2.45) is 0 Å². The van der Waals surface area contributed by atoms with Gasteiger partial charge in [0, 0.05) is 24.7 Å². The molecule has 1 N–H and O–H groups in total. The summed E-state index contributed by atoms with van der Waals surface area (Å²) in [7, 11) is -2.59. The fraction of sp³-hybridized carbons (Fsp3) is 0.217. The normalized spacial score (nSPS) is 14.4. The quantitative estimate of drug-likeness (QED) is 0.475. The number of aromatic hydroxyl groups is 1. The van der Waals surface area contributed by atoms with Crippen molar-refractivity contribution in [1.29, 1.82) is 0 Å². The van der Waals surface area contributed by atoms with Crippen LogP contribution in [0.5, 0.6) is 11.5 Å². The first-order chi connectivity index (χ1) is 15.3. The van der Waals surface area contributed by atoms with E-state index >= 15 is 0 Å². The molecule has 5 rings (SSSR count). The van der Waals surface area contributed by atoms with Crippen LogP contribution in [-0.4, -0.2) is 43.0 Å². The third-order valence-corrected chi connectivity index (χ3v) is 7.57. The highest BCUT2D eigenvalue weighted by molar-refractivity contribution is 7.89. The molecule has 9 heteroatoms. The van der Waals surface area contributed by atoms with Gasteiger partial charge in [-0.05, 0) is 53.8 Å². The lowest BCUT2D eigenvalue weighted by Crippen LogP contribution is -2.35. The van der Waals surface area contributed by atoms with Gasteiger partial charge < -0.3 is 9.84 Å². The van der Waals surface area contributed by atoms with E-state index in [1.807, 2.05) is 24.3 Å². The molecule has 0 aromatic heterocycles. The van der Waals surface area contributed by atoms with Gasteiger partial charge in [0.25, 0.3) is 5.69 Å². The number of fused-ring (bicyclic) bond motifs is 6. The summed E-state index contributed by atoms with van der Waals surface area (Å²) >= 11 is 0. The number of para-hydroxylation sites is 1. The lowest BCUT2D eigenvalue weighted by atomic mass is 9.95. The highest BCUT2D eigenvalue weighted by atomic mass is 32.2. The van der Waals surface area contributed by atoms with E-state index in [1.54, 1.807) is 19.2 Å². The zero-order valence-corrected chi connectivity index (χ0v) is 18.2. The molecule has 0 amide bonds. The highest BCUT2D eigenvalue weighted by Crippen LogP contribution is 2.36. The van der Waals surface area contributed by atoms with Crippen LogP contribution < -0.4 is 4.74 Å². The van der Waals surface area contributed by atoms with Crippen LogP contribution in [0, 0.1) is 10.1 Å². The SMILES string of the molecule is COc1ccc2c(c1)CCN(S(=O)(=O)c1ccccc1[N+](=O)[O-])CCc1ccc-2c(O)c1. The largest absolute Gasteiger partial charge is 0.507 e. The number of methoxy groups -OCH3 is 1. The first kappa shape index (κ1) is 21.8. The number of nitro benzene ring substituents is 1. The second kappa shape index (κ2) is 8.60. The van der Waals surface area contributed by atoms with Gasteiger partial charge in [-0.2, -0.15) is 4.31 Å². The molecule has 0 fully saturated rings. The summed E-state index contributed by atoms with van der Waals surface area (Å²) in [4.78, 5) is 10.4. The van der Waals surface area contributed by atoms with E-state index in [-0.39, 0.29) is 23.7 Å². The van der Waals surface area contributed by atoms with Crippen LogP contribution in [0.2, 0.25) is 0 Å². The number of nitrogens with zero attached hydrogens (tertiary/aromatic N) is 2. The maximum Gasteiger partial charge on any atom is 0.289 e. The monoisotopic (exact) mass is 454 g/mol. The molecule has 3 aromatic rings. The Kier molecular flexibility index (Phi) is 5.86. The predicted molar refractivity (Wildman–Crippen MR) is 119 cm³/mol. The molecule has 32 heavy (non-hydrogen) atoms. The summed E-state index contributed by atoms with van der Waals surface area (Å²) in [6, 6.07) is 16.1. The highest BCUT2D eigenvalue weighted by Gasteiger charge is 2.31. The van der Waals surface area contributed by atoms with Crippen LogP contribution in [0.4, 0.5) is 5.69 Å². The van der Waals surface area contributed by atoms with Crippen molar-refractivity contribution in [1.82, 2.24) is 4.31 Å². The minimum atomic E-state index is -4.13. The van der Waals surface area contributed by atoms with Gasteiger partial charge in [-0.25, -0.2) is 8.42 Å². The fourth-order valence-corrected chi connectivity index (χ4v) is 5.54. The van der Waals surface area contributed by atoms with Crippen molar-refractivity contribution in [3.05, 3.63) is 81.9 Å². The van der Waals surface area contributed by atoms with Gasteiger partial charge in [0.05, 0.1) is 12.0 Å². The standard InChI is InChI=1S/C23H22N2O6S/c1-31-18-7-9-19-17(15-18)11-13-24(12-10-16-6-8-20(19)22(26)14-16)32(29,30)23-5-3-2-4-21(23)25(27)28/h2-9,14-15,26H,10-13H2,1H3. The number of ether oxygens (including phenoxy) is 1. The van der Waals surface area contributed by atoms with Crippen molar-refractivity contribution in [3.8, 4) is 22.6 Å². The van der Waals surface area contributed by atoms with Gasteiger partial charge in [-0.1, -0.05) is 30.3 Å². The van der Waals surface area contributed by atoms with Crippen molar-refractivity contribution < 1.29 is 23.2 Å². The molecule has 0 saturated carbocycles. The molecule has 0 saturated heterocycles. The van der Waals surface area contributed by atoms with Crippen molar-refractivity contribution in [2.75, 3.05) is 20.2 Å². The van der Waals surface area contributed by atoms with Gasteiger partial charge in [0.15, 0.2) is 4.90 Å². The lowest BCUT2D eigenvalue weighted by molar-refractivity contribution is -0.387. The van der Waals surface area contributed by atoms with Crippen LogP contribution in [0.15, 0.2) is 65.6 Å². The van der Waals surface area contributed by atoms with Crippen LogP contribution in [0.1, 0.15) is 11.1 Å². The first-order valence-electron chi connectivity index (χ1n) is 10.0. The second-order valence-corrected chi connectivity index (χ2v) is 9.41. The number of benzene rings is 3. The predicted octanol–water partition coefficient (Wildman–Crippen LogP) is 3.77. The Morgan fingerprint density at radius 3 is 2.44 bits per heavy atom. The number of rotatable bonds is 4. The Bertz CT molecular complexity index is 1290. The molecule has 166 valence electrons. The molecular formula is C23H22N2O6S. The maximum absolute atomic E-state index is 13.5. The van der Waals surface area contributed by atoms with E-state index < -0.39 is 20.6 Å². The van der Waals surface area contributed by atoms with Gasteiger partial charge in [-0.3, -0.25) is 10.1 Å². The zero-order valence-electron chi connectivity index (χ0n) is 17.4. The third kappa shape index (κ3) is 4.04. The minimum Gasteiger partial charge on any atom is -0.507 e. The summed E-state index contributed by atoms with van der Waals surface area (Å²) in [5.74, 6) is 0.728. The number of nitro groups is 1. The molecule has 2 heterocycles. The van der Waals surface area contributed by atoms with Crippen molar-refractivity contribution >= 4 is 15.7 Å². The number of hydrogen-bond acceptors (Lipinski definition) is 6. The molecule has 0 radical (unpaired) electrons. The Morgan fingerprint density at radius 1 is 1.00 bits per heavy atom. The topological polar surface area (TPSA) is 110 Å². The molecular weight excluding hydrogens is 432 g/mol. The molecule has 2 aliphatic heterocycles. The van der Waals surface area contributed by atoms with Crippen molar-refractivity contribution in [2.45, 2.75) is 17.7 Å². The van der Waals surface area contributed by atoms with Crippen LogP contribution in [0.25, 0.3) is 11.1 Å². The molecule has 0 atom stereocenters. The van der Waals surface area contributed by atoms with Crippen molar-refractivity contribution in [3.63, 3.8) is 0 Å². The fourth-order valence-electron chi connectivity index (χ4n) is 3.94. The van der Waals surface area contributed by atoms with E-state index in [9.17, 15) is 23.6 Å². The van der Waals surface area contributed by atoms with Gasteiger partial charge in [0.1, 0.15) is 11.5 Å². The van der Waals surface area contributed by atoms with E-state index in [2.05, 4.69) is 0 Å². The van der Waals surface area contributed by atoms with E-state index in [1.165, 1.54) is 28.6 Å². The first-order valence-corrected chi connectivity index (χ1v) is 11.5. The summed E-state index contributed by atoms with van der Waals surface area (Å²) in [5, 5.41) is 22.1. The van der Waals surface area contributed by atoms with E-state index in [0.29, 0.717) is 24.2 Å². The van der Waals surface area contributed by atoms with Crippen LogP contribution >= 0.6 is 0 Å². The van der Waals surface area contributed by atoms with Gasteiger partial charge in [0.2, 0.25) is 10.0 Å². The Hall–Kier alpha value is -3.43. The van der Waals surface area contributed by atoms with Crippen LogP contribution in [-0.2, 0) is 22.9 Å². The number of phenols is 1. The van der Waals surface area contributed by atoms with E-state index in [4.69, 9.17) is 4.74 Å². The lowest BCUT2D eigenvalue weighted by Gasteiger charge is -2.22. The Morgan fingerprint density at radius 2 is 1.72 bits per heavy atom.